The van der Waals surface area contributed by atoms with E-state index < -0.39 is 0 Å². The molecule has 0 spiro atoms. The number of unbranched alkanes of at least 4 members (excludes halogenated alkanes) is 1. The highest BCUT2D eigenvalue weighted by Crippen LogP contribution is 2.29. The molecule has 0 aliphatic carbocycles. The van der Waals surface area contributed by atoms with E-state index in [0.717, 1.165) is 30.6 Å². The van der Waals surface area contributed by atoms with E-state index in [2.05, 4.69) is 27.5 Å². The number of nitrogens with zero attached hydrogens (tertiary/aromatic N) is 2. The van der Waals surface area contributed by atoms with Crippen LogP contribution in [0, 0.1) is 0 Å². The molecule has 1 aromatic heterocycles. The number of hydrogen-bond donors (Lipinski definition) is 2. The van der Waals surface area contributed by atoms with Crippen molar-refractivity contribution in [3.05, 3.63) is 42.1 Å². The number of benzene rings is 1. The summed E-state index contributed by atoms with van der Waals surface area (Å²) in [5.74, 6) is 2.64. The molecule has 0 aliphatic rings. The van der Waals surface area contributed by atoms with Gasteiger partial charge in [-0.1, -0.05) is 19.4 Å². The van der Waals surface area contributed by atoms with Crippen LogP contribution in [-0.2, 0) is 6.54 Å². The summed E-state index contributed by atoms with van der Waals surface area (Å²) in [5, 5.41) is 6.53. The van der Waals surface area contributed by atoms with Crippen LogP contribution in [0.5, 0.6) is 17.4 Å². The summed E-state index contributed by atoms with van der Waals surface area (Å²) < 4.78 is 16.4. The minimum Gasteiger partial charge on any atom is -0.493 e. The highest BCUT2D eigenvalue weighted by atomic mass is 127. The maximum absolute atomic E-state index is 5.79. The van der Waals surface area contributed by atoms with Crippen molar-refractivity contribution in [3.8, 4) is 17.4 Å². The minimum atomic E-state index is 0. The lowest BCUT2D eigenvalue weighted by Gasteiger charge is -2.14. The first-order valence-electron chi connectivity index (χ1n) is 9.55. The molecule has 2 aromatic rings. The standard InChI is InChI=1S/C21H30N4O3.HI/c1-5-7-13-28-20-16(9-8-12-23-20)15-24-21(22-6-2)25-17-10-11-18(26-3)19(14-17)27-4;/h8-12,14H,5-7,13,15H2,1-4H3,(H2,22,24,25);1H. The number of hydrogen-bond acceptors (Lipinski definition) is 5. The van der Waals surface area contributed by atoms with Gasteiger partial charge in [-0.25, -0.2) is 9.98 Å². The zero-order chi connectivity index (χ0) is 20.2. The van der Waals surface area contributed by atoms with Gasteiger partial charge >= 0.3 is 0 Å². The largest absolute Gasteiger partial charge is 0.493 e. The van der Waals surface area contributed by atoms with E-state index in [1.807, 2.05) is 37.3 Å². The molecule has 0 aliphatic heterocycles. The van der Waals surface area contributed by atoms with Gasteiger partial charge in [-0.3, -0.25) is 0 Å². The predicted octanol–water partition coefficient (Wildman–Crippen LogP) is 4.47. The number of pyridine rings is 1. The monoisotopic (exact) mass is 514 g/mol. The smallest absolute Gasteiger partial charge is 0.218 e. The Morgan fingerprint density at radius 3 is 2.59 bits per heavy atom. The van der Waals surface area contributed by atoms with Crippen LogP contribution >= 0.6 is 24.0 Å². The number of halogens is 1. The lowest BCUT2D eigenvalue weighted by atomic mass is 10.2. The van der Waals surface area contributed by atoms with Gasteiger partial charge in [0.25, 0.3) is 0 Å². The number of anilines is 1. The van der Waals surface area contributed by atoms with Gasteiger partial charge in [-0.05, 0) is 31.5 Å². The molecular weight excluding hydrogens is 483 g/mol. The van der Waals surface area contributed by atoms with Gasteiger partial charge in [0.2, 0.25) is 5.88 Å². The Labute approximate surface area is 190 Å². The molecule has 1 heterocycles. The first-order chi connectivity index (χ1) is 13.7. The van der Waals surface area contributed by atoms with E-state index in [0.29, 0.717) is 36.5 Å². The minimum absolute atomic E-state index is 0. The van der Waals surface area contributed by atoms with Gasteiger partial charge in [-0.15, -0.1) is 24.0 Å². The van der Waals surface area contributed by atoms with Crippen LogP contribution in [-0.4, -0.2) is 38.3 Å². The molecule has 0 unspecified atom stereocenters. The van der Waals surface area contributed by atoms with Crippen LogP contribution in [0.3, 0.4) is 0 Å². The van der Waals surface area contributed by atoms with Crippen molar-refractivity contribution in [3.63, 3.8) is 0 Å². The zero-order valence-electron chi connectivity index (χ0n) is 17.5. The summed E-state index contributed by atoms with van der Waals surface area (Å²) in [6.07, 6.45) is 3.82. The number of rotatable bonds is 10. The van der Waals surface area contributed by atoms with Crippen LogP contribution < -0.4 is 24.8 Å². The molecule has 0 atom stereocenters. The summed E-state index contributed by atoms with van der Waals surface area (Å²) in [5.41, 5.74) is 1.80. The van der Waals surface area contributed by atoms with Gasteiger partial charge in [0.05, 0.1) is 27.4 Å². The second kappa shape index (κ2) is 13.9. The van der Waals surface area contributed by atoms with Crippen molar-refractivity contribution < 1.29 is 14.2 Å². The fraction of sp³-hybridized carbons (Fsp3) is 0.429. The van der Waals surface area contributed by atoms with Gasteiger partial charge in [0, 0.05) is 30.1 Å². The Kier molecular flexibility index (Phi) is 11.9. The number of aliphatic imine (C=N–C) groups is 1. The molecule has 7 nitrogen and oxygen atoms in total. The molecule has 0 amide bonds. The molecule has 2 N–H and O–H groups in total. The maximum Gasteiger partial charge on any atom is 0.218 e. The number of nitrogens with one attached hydrogen (secondary N) is 2. The summed E-state index contributed by atoms with van der Waals surface area (Å²) in [7, 11) is 3.23. The number of aromatic nitrogens is 1. The van der Waals surface area contributed by atoms with Crippen molar-refractivity contribution >= 4 is 35.6 Å². The molecule has 2 rings (SSSR count). The lowest BCUT2D eigenvalue weighted by Crippen LogP contribution is -2.30. The summed E-state index contributed by atoms with van der Waals surface area (Å²) in [6.45, 7) is 6.02. The Hall–Kier alpha value is -2.23. The molecule has 1 aromatic carbocycles. The third-order valence-electron chi connectivity index (χ3n) is 3.98. The fourth-order valence-corrected chi connectivity index (χ4v) is 2.51. The van der Waals surface area contributed by atoms with E-state index in [1.165, 1.54) is 0 Å². The molecular formula is C21H31IN4O3. The Morgan fingerprint density at radius 1 is 1.10 bits per heavy atom. The summed E-state index contributed by atoms with van der Waals surface area (Å²) in [4.78, 5) is 9.01. The van der Waals surface area contributed by atoms with Gasteiger partial charge in [0.15, 0.2) is 17.5 Å². The lowest BCUT2D eigenvalue weighted by molar-refractivity contribution is 0.294. The number of guanidine groups is 1. The topological polar surface area (TPSA) is 77.0 Å². The molecule has 0 bridgehead atoms. The fourth-order valence-electron chi connectivity index (χ4n) is 2.51. The maximum atomic E-state index is 5.79. The average Bonchev–Trinajstić information content (AvgIpc) is 2.73. The van der Waals surface area contributed by atoms with Gasteiger partial charge in [0.1, 0.15) is 0 Å². The molecule has 0 radical (unpaired) electrons. The van der Waals surface area contributed by atoms with Gasteiger partial charge < -0.3 is 24.8 Å². The third-order valence-corrected chi connectivity index (χ3v) is 3.98. The van der Waals surface area contributed by atoms with E-state index in [-0.39, 0.29) is 24.0 Å². The van der Waals surface area contributed by atoms with Crippen LogP contribution in [0.1, 0.15) is 32.3 Å². The van der Waals surface area contributed by atoms with Crippen molar-refractivity contribution in [2.24, 2.45) is 4.99 Å². The quantitative estimate of drug-likeness (QED) is 0.211. The Bertz CT molecular complexity index is 771. The van der Waals surface area contributed by atoms with Crippen LogP contribution in [0.15, 0.2) is 41.5 Å². The Morgan fingerprint density at radius 2 is 1.90 bits per heavy atom. The van der Waals surface area contributed by atoms with Crippen molar-refractivity contribution in [1.82, 2.24) is 10.3 Å². The van der Waals surface area contributed by atoms with E-state index in [1.54, 1.807) is 20.4 Å². The SMILES string of the molecule is CCCCOc1ncccc1CN=C(NCC)Nc1ccc(OC)c(OC)c1.I. The van der Waals surface area contributed by atoms with Crippen LogP contribution in [0.25, 0.3) is 0 Å². The molecule has 0 saturated heterocycles. The van der Waals surface area contributed by atoms with Crippen LogP contribution in [0.2, 0.25) is 0 Å². The predicted molar refractivity (Wildman–Crippen MR) is 128 cm³/mol. The summed E-state index contributed by atoms with van der Waals surface area (Å²) in [6, 6.07) is 9.52. The molecule has 29 heavy (non-hydrogen) atoms. The Balaban J connectivity index is 0.00000420. The highest BCUT2D eigenvalue weighted by Gasteiger charge is 2.08. The first-order valence-corrected chi connectivity index (χ1v) is 9.55. The first kappa shape index (κ1) is 24.8. The normalized spacial score (nSPS) is 10.7. The highest BCUT2D eigenvalue weighted by molar-refractivity contribution is 14.0. The van der Waals surface area contributed by atoms with Crippen molar-refractivity contribution in [2.45, 2.75) is 33.2 Å². The zero-order valence-corrected chi connectivity index (χ0v) is 19.9. The third kappa shape index (κ3) is 7.96. The van der Waals surface area contributed by atoms with E-state index >= 15 is 0 Å². The average molecular weight is 514 g/mol. The molecule has 8 heteroatoms. The second-order valence-electron chi connectivity index (χ2n) is 6.06. The number of methoxy groups -OCH3 is 2. The van der Waals surface area contributed by atoms with E-state index in [4.69, 9.17) is 14.2 Å². The molecule has 0 saturated carbocycles. The van der Waals surface area contributed by atoms with Crippen molar-refractivity contribution in [1.29, 1.82) is 0 Å². The molecule has 160 valence electrons. The van der Waals surface area contributed by atoms with Crippen LogP contribution in [0.4, 0.5) is 5.69 Å². The van der Waals surface area contributed by atoms with Crippen molar-refractivity contribution in [2.75, 3.05) is 32.7 Å². The number of ether oxygens (including phenoxy) is 3. The second-order valence-corrected chi connectivity index (χ2v) is 6.06. The summed E-state index contributed by atoms with van der Waals surface area (Å²) >= 11 is 0. The molecule has 0 fully saturated rings. The van der Waals surface area contributed by atoms with E-state index in [9.17, 15) is 0 Å². The van der Waals surface area contributed by atoms with Gasteiger partial charge in [-0.2, -0.15) is 0 Å².